The van der Waals surface area contributed by atoms with E-state index >= 15 is 0 Å². The molecule has 0 N–H and O–H groups in total. The zero-order valence-corrected chi connectivity index (χ0v) is 11.4. The van der Waals surface area contributed by atoms with Crippen LogP contribution in [0.15, 0.2) is 78.7 Å². The van der Waals surface area contributed by atoms with E-state index in [1.54, 1.807) is 0 Å². The molecule has 0 fully saturated rings. The molecule has 0 saturated heterocycles. The van der Waals surface area contributed by atoms with Crippen molar-refractivity contribution in [2.75, 3.05) is 4.90 Å². The van der Waals surface area contributed by atoms with Crippen LogP contribution in [0.4, 0.5) is 5.69 Å². The fourth-order valence-electron chi connectivity index (χ4n) is 1.75. The van der Waals surface area contributed by atoms with E-state index in [1.165, 1.54) is 0 Å². The highest BCUT2D eigenvalue weighted by Gasteiger charge is 2.09. The Labute approximate surface area is 110 Å². The zero-order chi connectivity index (χ0) is 13.4. The molecule has 1 rings (SSSR count). The minimum absolute atomic E-state index is 0.960. The topological polar surface area (TPSA) is 3.24 Å². The first-order valence-corrected chi connectivity index (χ1v) is 6.17. The Morgan fingerprint density at radius 2 is 1.78 bits per heavy atom. The molecule has 0 heterocycles. The van der Waals surface area contributed by atoms with Gasteiger partial charge in [0.1, 0.15) is 0 Å². The van der Waals surface area contributed by atoms with Gasteiger partial charge in [0.15, 0.2) is 0 Å². The molecule has 0 aliphatic carbocycles. The number of rotatable bonds is 5. The molecule has 1 heteroatoms. The molecular formula is C17H21N. The average molecular weight is 239 g/mol. The van der Waals surface area contributed by atoms with Crippen molar-refractivity contribution in [1.82, 2.24) is 0 Å². The normalized spacial score (nSPS) is 12.3. The number of hydrogen-bond acceptors (Lipinski definition) is 1. The van der Waals surface area contributed by atoms with E-state index in [9.17, 15) is 0 Å². The van der Waals surface area contributed by atoms with E-state index in [0.29, 0.717) is 0 Å². The van der Waals surface area contributed by atoms with Gasteiger partial charge in [-0.05, 0) is 45.1 Å². The van der Waals surface area contributed by atoms with Crippen molar-refractivity contribution < 1.29 is 0 Å². The van der Waals surface area contributed by atoms with Crippen LogP contribution in [-0.2, 0) is 0 Å². The predicted octanol–water partition coefficient (Wildman–Crippen LogP) is 5.06. The molecule has 0 aliphatic rings. The van der Waals surface area contributed by atoms with E-state index in [4.69, 9.17) is 0 Å². The van der Waals surface area contributed by atoms with Crippen LogP contribution in [0.5, 0.6) is 0 Å². The summed E-state index contributed by atoms with van der Waals surface area (Å²) in [5.74, 6) is 0. The summed E-state index contributed by atoms with van der Waals surface area (Å²) in [4.78, 5) is 2.14. The van der Waals surface area contributed by atoms with Crippen LogP contribution in [0, 0.1) is 0 Å². The standard InChI is InChI=1S/C17H21N/c1-5-7-12-16(4)18(15(3)11-6-2)17-13-9-8-10-14-17/h5-14H,3H2,1-2,4H3/b7-5-,11-6-,16-12+. The molecule has 0 aliphatic heterocycles. The summed E-state index contributed by atoms with van der Waals surface area (Å²) in [5.41, 5.74) is 3.23. The van der Waals surface area contributed by atoms with E-state index in [1.807, 2.05) is 56.4 Å². The second-order valence-corrected chi connectivity index (χ2v) is 4.00. The van der Waals surface area contributed by atoms with Crippen molar-refractivity contribution in [3.63, 3.8) is 0 Å². The fourth-order valence-corrected chi connectivity index (χ4v) is 1.75. The SMILES string of the molecule is C=C(/C=C\C)N(/C(C)=C/C=C\C)c1ccccc1. The highest BCUT2D eigenvalue weighted by Crippen LogP contribution is 2.23. The summed E-state index contributed by atoms with van der Waals surface area (Å²) >= 11 is 0. The van der Waals surface area contributed by atoms with Crippen molar-refractivity contribution in [2.24, 2.45) is 0 Å². The van der Waals surface area contributed by atoms with Gasteiger partial charge in [0.05, 0.1) is 0 Å². The number of nitrogens with zero attached hydrogens (tertiary/aromatic N) is 1. The van der Waals surface area contributed by atoms with Gasteiger partial charge in [-0.2, -0.15) is 0 Å². The molecule has 0 amide bonds. The van der Waals surface area contributed by atoms with Gasteiger partial charge in [-0.25, -0.2) is 0 Å². The monoisotopic (exact) mass is 239 g/mol. The van der Waals surface area contributed by atoms with Crippen LogP contribution < -0.4 is 4.90 Å². The summed E-state index contributed by atoms with van der Waals surface area (Å²) in [5, 5.41) is 0. The maximum Gasteiger partial charge on any atom is 0.0457 e. The molecule has 1 nitrogen and oxygen atoms in total. The van der Waals surface area contributed by atoms with Crippen molar-refractivity contribution in [2.45, 2.75) is 20.8 Å². The third kappa shape index (κ3) is 3.77. The first-order valence-electron chi connectivity index (χ1n) is 6.17. The molecule has 0 aromatic heterocycles. The van der Waals surface area contributed by atoms with Crippen LogP contribution in [0.2, 0.25) is 0 Å². The molecule has 0 spiro atoms. The molecule has 0 radical (unpaired) electrons. The van der Waals surface area contributed by atoms with Crippen LogP contribution in [-0.4, -0.2) is 0 Å². The van der Waals surface area contributed by atoms with Crippen LogP contribution in [0.1, 0.15) is 20.8 Å². The third-order valence-corrected chi connectivity index (χ3v) is 2.54. The van der Waals surface area contributed by atoms with E-state index in [-0.39, 0.29) is 0 Å². The second kappa shape index (κ2) is 7.33. The molecule has 0 atom stereocenters. The Morgan fingerprint density at radius 1 is 1.11 bits per heavy atom. The quantitative estimate of drug-likeness (QED) is 0.649. The Hall–Kier alpha value is -2.02. The molecule has 94 valence electrons. The second-order valence-electron chi connectivity index (χ2n) is 4.00. The summed E-state index contributed by atoms with van der Waals surface area (Å²) in [6.07, 6.45) is 10.2. The van der Waals surface area contributed by atoms with Crippen LogP contribution in [0.3, 0.4) is 0 Å². The Kier molecular flexibility index (Phi) is 5.72. The van der Waals surface area contributed by atoms with Crippen molar-refractivity contribution in [1.29, 1.82) is 0 Å². The van der Waals surface area contributed by atoms with E-state index in [0.717, 1.165) is 17.1 Å². The lowest BCUT2D eigenvalue weighted by atomic mass is 10.2. The number of benzene rings is 1. The van der Waals surface area contributed by atoms with Crippen LogP contribution in [0.25, 0.3) is 0 Å². The smallest absolute Gasteiger partial charge is 0.0457 e. The van der Waals surface area contributed by atoms with E-state index < -0.39 is 0 Å². The minimum atomic E-state index is 0.960. The van der Waals surface area contributed by atoms with Crippen LogP contribution >= 0.6 is 0 Å². The highest BCUT2D eigenvalue weighted by molar-refractivity contribution is 5.59. The van der Waals surface area contributed by atoms with Gasteiger partial charge >= 0.3 is 0 Å². The lowest BCUT2D eigenvalue weighted by Crippen LogP contribution is -2.18. The Balaban J connectivity index is 3.15. The number of anilines is 1. The number of hydrogen-bond donors (Lipinski definition) is 0. The molecule has 0 unspecified atom stereocenters. The van der Waals surface area contributed by atoms with Gasteiger partial charge in [-0.3, -0.25) is 0 Å². The Morgan fingerprint density at radius 3 is 2.33 bits per heavy atom. The average Bonchev–Trinajstić information content (AvgIpc) is 2.38. The molecular weight excluding hydrogens is 218 g/mol. The first kappa shape index (κ1) is 14.0. The highest BCUT2D eigenvalue weighted by atomic mass is 15.1. The van der Waals surface area contributed by atoms with Crippen molar-refractivity contribution in [3.8, 4) is 0 Å². The van der Waals surface area contributed by atoms with Gasteiger partial charge in [0.2, 0.25) is 0 Å². The van der Waals surface area contributed by atoms with Gasteiger partial charge in [-0.15, -0.1) is 0 Å². The van der Waals surface area contributed by atoms with Gasteiger partial charge in [0.25, 0.3) is 0 Å². The van der Waals surface area contributed by atoms with Crippen molar-refractivity contribution >= 4 is 5.69 Å². The largest absolute Gasteiger partial charge is 0.315 e. The number of allylic oxidation sites excluding steroid dienone is 6. The van der Waals surface area contributed by atoms with Gasteiger partial charge in [-0.1, -0.05) is 43.0 Å². The number of para-hydroxylation sites is 1. The maximum absolute atomic E-state index is 4.12. The molecule has 1 aromatic rings. The Bertz CT molecular complexity index is 464. The maximum atomic E-state index is 4.12. The molecule has 0 saturated carbocycles. The molecule has 0 bridgehead atoms. The van der Waals surface area contributed by atoms with E-state index in [2.05, 4.69) is 36.6 Å². The van der Waals surface area contributed by atoms with Gasteiger partial charge in [0, 0.05) is 17.1 Å². The molecule has 1 aromatic carbocycles. The summed E-state index contributed by atoms with van der Waals surface area (Å²) < 4.78 is 0. The first-order chi connectivity index (χ1) is 8.70. The molecule has 18 heavy (non-hydrogen) atoms. The minimum Gasteiger partial charge on any atom is -0.315 e. The summed E-state index contributed by atoms with van der Waals surface area (Å²) in [6.45, 7) is 10.2. The lowest BCUT2D eigenvalue weighted by molar-refractivity contribution is 1.10. The fraction of sp³-hybridized carbons (Fsp3) is 0.176. The lowest BCUT2D eigenvalue weighted by Gasteiger charge is -2.25. The zero-order valence-electron chi connectivity index (χ0n) is 11.4. The summed E-state index contributed by atoms with van der Waals surface area (Å²) in [6, 6.07) is 10.3. The predicted molar refractivity (Wildman–Crippen MR) is 81.4 cm³/mol. The van der Waals surface area contributed by atoms with Gasteiger partial charge < -0.3 is 4.90 Å². The third-order valence-electron chi connectivity index (χ3n) is 2.54. The summed E-state index contributed by atoms with van der Waals surface area (Å²) in [7, 11) is 0. The van der Waals surface area contributed by atoms with Crippen molar-refractivity contribution in [3.05, 3.63) is 78.7 Å².